The number of rotatable bonds is 8. The summed E-state index contributed by atoms with van der Waals surface area (Å²) in [5, 5.41) is 6.49. The van der Waals surface area contributed by atoms with Crippen LogP contribution in [0, 0.1) is 0 Å². The van der Waals surface area contributed by atoms with Crippen LogP contribution in [0.25, 0.3) is 0 Å². The molecular formula is C20H17NO4S2. The van der Waals surface area contributed by atoms with Gasteiger partial charge in [-0.3, -0.25) is 9.59 Å². The zero-order chi connectivity index (χ0) is 19.1. The average Bonchev–Trinajstić information content (AvgIpc) is 3.39. The molecule has 0 aliphatic rings. The van der Waals surface area contributed by atoms with Gasteiger partial charge in [0.15, 0.2) is 6.61 Å². The predicted molar refractivity (Wildman–Crippen MR) is 106 cm³/mol. The first-order valence-corrected chi connectivity index (χ1v) is 10.0. The fourth-order valence-electron chi connectivity index (χ4n) is 2.44. The van der Waals surface area contributed by atoms with E-state index in [2.05, 4.69) is 5.32 Å². The molecule has 0 saturated heterocycles. The Balaban J connectivity index is 1.55. The number of amides is 1. The lowest BCUT2D eigenvalue weighted by Gasteiger charge is -2.09. The molecule has 0 unspecified atom stereocenters. The monoisotopic (exact) mass is 399 g/mol. The van der Waals surface area contributed by atoms with Crippen LogP contribution in [0.1, 0.15) is 30.5 Å². The van der Waals surface area contributed by atoms with Crippen molar-refractivity contribution < 1.29 is 19.1 Å². The summed E-state index contributed by atoms with van der Waals surface area (Å²) in [6.45, 7) is 0.0924. The molecule has 138 valence electrons. The van der Waals surface area contributed by atoms with Crippen molar-refractivity contribution in [2.24, 2.45) is 0 Å². The van der Waals surface area contributed by atoms with Crippen LogP contribution in [0.4, 0.5) is 0 Å². The summed E-state index contributed by atoms with van der Waals surface area (Å²) in [6, 6.07) is 13.9. The molecule has 5 nitrogen and oxygen atoms in total. The molecule has 0 aliphatic carbocycles. The molecule has 0 radical (unpaired) electrons. The Morgan fingerprint density at radius 1 is 0.889 bits per heavy atom. The summed E-state index contributed by atoms with van der Waals surface area (Å²) < 4.78 is 5.09. The SMILES string of the molecule is O=C(COC(=O)c1ccccc1C(=O)c1cccs1)NCCc1cccs1. The van der Waals surface area contributed by atoms with Gasteiger partial charge in [-0.2, -0.15) is 0 Å². The van der Waals surface area contributed by atoms with Crippen molar-refractivity contribution in [1.82, 2.24) is 5.32 Å². The van der Waals surface area contributed by atoms with Crippen molar-refractivity contribution in [1.29, 1.82) is 0 Å². The van der Waals surface area contributed by atoms with Gasteiger partial charge in [-0.15, -0.1) is 22.7 Å². The van der Waals surface area contributed by atoms with Gasteiger partial charge in [-0.25, -0.2) is 4.79 Å². The Hall–Kier alpha value is -2.77. The van der Waals surface area contributed by atoms with Crippen LogP contribution >= 0.6 is 22.7 Å². The van der Waals surface area contributed by atoms with Gasteiger partial charge in [-0.1, -0.05) is 30.3 Å². The van der Waals surface area contributed by atoms with E-state index in [-0.39, 0.29) is 29.4 Å². The van der Waals surface area contributed by atoms with Gasteiger partial charge in [0, 0.05) is 17.0 Å². The lowest BCUT2D eigenvalue weighted by Crippen LogP contribution is -2.30. The van der Waals surface area contributed by atoms with Gasteiger partial charge in [0.1, 0.15) is 0 Å². The zero-order valence-corrected chi connectivity index (χ0v) is 16.0. The van der Waals surface area contributed by atoms with E-state index in [4.69, 9.17) is 4.74 Å². The molecule has 2 heterocycles. The third kappa shape index (κ3) is 5.12. The van der Waals surface area contributed by atoms with Crippen molar-refractivity contribution >= 4 is 40.3 Å². The van der Waals surface area contributed by atoms with Crippen LogP contribution in [0.2, 0.25) is 0 Å². The Bertz CT molecular complexity index is 917. The quantitative estimate of drug-likeness (QED) is 0.464. The maximum Gasteiger partial charge on any atom is 0.339 e. The van der Waals surface area contributed by atoms with Crippen LogP contribution in [0.3, 0.4) is 0 Å². The Labute approximate surface area is 164 Å². The second kappa shape index (κ2) is 9.25. The van der Waals surface area contributed by atoms with Gasteiger partial charge in [0.25, 0.3) is 5.91 Å². The topological polar surface area (TPSA) is 72.5 Å². The lowest BCUT2D eigenvalue weighted by atomic mass is 10.0. The first kappa shape index (κ1) is 19.0. The van der Waals surface area contributed by atoms with E-state index in [0.29, 0.717) is 11.4 Å². The minimum Gasteiger partial charge on any atom is -0.452 e. The minimum atomic E-state index is -0.691. The molecule has 0 atom stereocenters. The maximum absolute atomic E-state index is 12.5. The van der Waals surface area contributed by atoms with Gasteiger partial charge in [-0.05, 0) is 35.4 Å². The summed E-state index contributed by atoms with van der Waals surface area (Å²) in [4.78, 5) is 38.5. The summed E-state index contributed by atoms with van der Waals surface area (Å²) in [5.74, 6) is -1.30. The lowest BCUT2D eigenvalue weighted by molar-refractivity contribution is -0.124. The molecule has 1 amide bonds. The van der Waals surface area contributed by atoms with Crippen LogP contribution in [-0.4, -0.2) is 30.8 Å². The van der Waals surface area contributed by atoms with Crippen molar-refractivity contribution in [2.45, 2.75) is 6.42 Å². The Morgan fingerprint density at radius 2 is 1.63 bits per heavy atom. The fourth-order valence-corrected chi connectivity index (χ4v) is 3.83. The van der Waals surface area contributed by atoms with Crippen LogP contribution in [0.5, 0.6) is 0 Å². The number of carbonyl (C=O) groups excluding carboxylic acids is 3. The van der Waals surface area contributed by atoms with E-state index in [1.165, 1.54) is 22.3 Å². The van der Waals surface area contributed by atoms with Crippen LogP contribution < -0.4 is 5.32 Å². The standard InChI is InChI=1S/C20H17NO4S2/c22-18(21-10-9-14-5-3-11-26-14)13-25-20(24)16-7-2-1-6-15(16)19(23)17-8-4-12-27-17/h1-8,11-12H,9-10,13H2,(H,21,22). The molecule has 0 spiro atoms. The number of hydrogen-bond donors (Lipinski definition) is 1. The number of ether oxygens (including phenoxy) is 1. The van der Waals surface area contributed by atoms with E-state index in [9.17, 15) is 14.4 Å². The molecule has 7 heteroatoms. The summed E-state index contributed by atoms with van der Waals surface area (Å²) in [5.41, 5.74) is 0.422. The number of carbonyl (C=O) groups is 3. The van der Waals surface area contributed by atoms with Gasteiger partial charge >= 0.3 is 5.97 Å². The molecule has 2 aromatic heterocycles. The second-order valence-electron chi connectivity index (χ2n) is 5.61. The molecular weight excluding hydrogens is 382 g/mol. The van der Waals surface area contributed by atoms with Gasteiger partial charge in [0.2, 0.25) is 5.78 Å². The third-order valence-corrected chi connectivity index (χ3v) is 5.55. The smallest absolute Gasteiger partial charge is 0.339 e. The predicted octanol–water partition coefficient (Wildman–Crippen LogP) is 3.56. The second-order valence-corrected chi connectivity index (χ2v) is 7.59. The van der Waals surface area contributed by atoms with Crippen LogP contribution in [-0.2, 0) is 16.0 Å². The molecule has 0 aliphatic heterocycles. The molecule has 0 saturated carbocycles. The molecule has 0 bridgehead atoms. The van der Waals surface area contributed by atoms with Gasteiger partial charge < -0.3 is 10.1 Å². The summed E-state index contributed by atoms with van der Waals surface area (Å²) in [7, 11) is 0. The highest BCUT2D eigenvalue weighted by Gasteiger charge is 2.20. The largest absolute Gasteiger partial charge is 0.452 e. The van der Waals surface area contributed by atoms with Gasteiger partial charge in [0.05, 0.1) is 10.4 Å². The van der Waals surface area contributed by atoms with E-state index in [1.807, 2.05) is 17.5 Å². The molecule has 3 aromatic rings. The number of benzene rings is 1. The van der Waals surface area contributed by atoms with Crippen molar-refractivity contribution in [3.8, 4) is 0 Å². The molecule has 3 rings (SSSR count). The molecule has 0 fully saturated rings. The number of esters is 1. The van der Waals surface area contributed by atoms with Crippen molar-refractivity contribution in [3.63, 3.8) is 0 Å². The first-order valence-electron chi connectivity index (χ1n) is 8.28. The van der Waals surface area contributed by atoms with E-state index in [1.54, 1.807) is 47.0 Å². The number of ketones is 1. The van der Waals surface area contributed by atoms with Crippen LogP contribution in [0.15, 0.2) is 59.3 Å². The van der Waals surface area contributed by atoms with E-state index < -0.39 is 5.97 Å². The highest BCUT2D eigenvalue weighted by molar-refractivity contribution is 7.12. The highest BCUT2D eigenvalue weighted by Crippen LogP contribution is 2.19. The molecule has 1 N–H and O–H groups in total. The molecule has 27 heavy (non-hydrogen) atoms. The van der Waals surface area contributed by atoms with E-state index >= 15 is 0 Å². The molecule has 1 aromatic carbocycles. The number of nitrogens with one attached hydrogen (secondary N) is 1. The maximum atomic E-state index is 12.5. The average molecular weight is 399 g/mol. The normalized spacial score (nSPS) is 10.4. The Kier molecular flexibility index (Phi) is 6.51. The Morgan fingerprint density at radius 3 is 2.33 bits per heavy atom. The minimum absolute atomic E-state index is 0.155. The zero-order valence-electron chi connectivity index (χ0n) is 14.3. The number of hydrogen-bond acceptors (Lipinski definition) is 6. The fraction of sp³-hybridized carbons (Fsp3) is 0.150. The summed E-state index contributed by atoms with van der Waals surface area (Å²) >= 11 is 2.93. The van der Waals surface area contributed by atoms with E-state index in [0.717, 1.165) is 6.42 Å². The summed E-state index contributed by atoms with van der Waals surface area (Å²) in [6.07, 6.45) is 0.732. The van der Waals surface area contributed by atoms with Crippen molar-refractivity contribution in [2.75, 3.05) is 13.2 Å². The highest BCUT2D eigenvalue weighted by atomic mass is 32.1. The third-order valence-electron chi connectivity index (χ3n) is 3.74. The number of thiophene rings is 2. The van der Waals surface area contributed by atoms with Crippen molar-refractivity contribution in [3.05, 3.63) is 80.2 Å². The first-order chi connectivity index (χ1) is 13.1.